The minimum atomic E-state index is -0.872. The highest BCUT2D eigenvalue weighted by Gasteiger charge is 2.51. The Morgan fingerprint density at radius 1 is 1.40 bits per heavy atom. The first-order valence-electron chi connectivity index (χ1n) is 7.43. The number of pyridine rings is 1. The lowest BCUT2D eigenvalue weighted by atomic mass is 10.1. The summed E-state index contributed by atoms with van der Waals surface area (Å²) < 4.78 is 16.4. The summed E-state index contributed by atoms with van der Waals surface area (Å²) in [6.45, 7) is 2.09. The molecule has 1 aromatic rings. The van der Waals surface area contributed by atoms with Crippen LogP contribution in [0.25, 0.3) is 0 Å². The molecule has 25 heavy (non-hydrogen) atoms. The van der Waals surface area contributed by atoms with Crippen LogP contribution in [-0.4, -0.2) is 59.4 Å². The van der Waals surface area contributed by atoms with Gasteiger partial charge in [0.1, 0.15) is 17.2 Å². The van der Waals surface area contributed by atoms with Crippen LogP contribution in [0.4, 0.5) is 0 Å². The van der Waals surface area contributed by atoms with Gasteiger partial charge in [0.2, 0.25) is 0 Å². The first kappa shape index (κ1) is 19.7. The maximum Gasteiger partial charge on any atom is 0.341 e. The minimum absolute atomic E-state index is 0. The van der Waals surface area contributed by atoms with Crippen LogP contribution >= 0.6 is 24.2 Å². The van der Waals surface area contributed by atoms with E-state index in [9.17, 15) is 14.9 Å². The molecular weight excluding hydrogens is 376 g/mol. The molecule has 1 aromatic heterocycles. The maximum atomic E-state index is 12.4. The molecule has 2 aliphatic rings. The molecule has 0 spiro atoms. The van der Waals surface area contributed by atoms with E-state index in [0.717, 1.165) is 5.75 Å². The van der Waals surface area contributed by atoms with Crippen molar-refractivity contribution in [2.75, 3.05) is 19.0 Å². The molecule has 138 valence electrons. The lowest BCUT2D eigenvalue weighted by Gasteiger charge is -2.17. The highest BCUT2D eigenvalue weighted by molar-refractivity contribution is 7.99. The zero-order valence-corrected chi connectivity index (χ0v) is 14.9. The summed E-state index contributed by atoms with van der Waals surface area (Å²) in [6, 6.07) is 3.31. The van der Waals surface area contributed by atoms with Crippen molar-refractivity contribution in [1.29, 1.82) is 0 Å². The lowest BCUT2D eigenvalue weighted by Crippen LogP contribution is -2.35. The van der Waals surface area contributed by atoms with Crippen molar-refractivity contribution in [2.45, 2.75) is 36.4 Å². The summed E-state index contributed by atoms with van der Waals surface area (Å²) in [4.78, 5) is 31.6. The fraction of sp³-hybridized carbons (Fsp3) is 0.571. The number of hydrogen-bond acceptors (Lipinski definition) is 9. The average molecular weight is 393 g/mol. The maximum absolute atomic E-state index is 12.4. The Hall–Kier alpha value is -1.62. The fourth-order valence-corrected chi connectivity index (χ4v) is 3.45. The molecule has 2 aliphatic heterocycles. The van der Waals surface area contributed by atoms with E-state index in [-0.39, 0.29) is 25.6 Å². The molecule has 2 fully saturated rings. The van der Waals surface area contributed by atoms with E-state index in [4.69, 9.17) is 14.2 Å². The van der Waals surface area contributed by atoms with Crippen molar-refractivity contribution >= 4 is 30.1 Å². The SMILES string of the molecule is CCSc1ncccc1C(=O)O[C@@H]1CO[C@H]2[C@@H]1OC[C@@H]2O[N+](=O)[O-].Cl. The molecule has 3 rings (SSSR count). The van der Waals surface area contributed by atoms with E-state index in [1.54, 1.807) is 18.3 Å². The topological polar surface area (TPSA) is 110 Å². The van der Waals surface area contributed by atoms with Crippen molar-refractivity contribution in [3.8, 4) is 0 Å². The van der Waals surface area contributed by atoms with Gasteiger partial charge in [-0.05, 0) is 17.9 Å². The Bertz CT molecular complexity index is 635. The number of hydrogen-bond donors (Lipinski definition) is 0. The van der Waals surface area contributed by atoms with Crippen LogP contribution in [0.15, 0.2) is 23.4 Å². The Kier molecular flexibility index (Phi) is 6.82. The van der Waals surface area contributed by atoms with E-state index in [1.807, 2.05) is 6.92 Å². The molecule has 3 heterocycles. The normalized spacial score (nSPS) is 27.2. The molecule has 0 unspecified atom stereocenters. The third-order valence-electron chi connectivity index (χ3n) is 3.71. The average Bonchev–Trinajstić information content (AvgIpc) is 3.12. The molecule has 11 heteroatoms. The van der Waals surface area contributed by atoms with Crippen LogP contribution in [-0.2, 0) is 19.0 Å². The summed E-state index contributed by atoms with van der Waals surface area (Å²) in [5.41, 5.74) is 0.379. The summed E-state index contributed by atoms with van der Waals surface area (Å²) in [5.74, 6) is 0.257. The van der Waals surface area contributed by atoms with Gasteiger partial charge in [0.15, 0.2) is 12.2 Å². The quantitative estimate of drug-likeness (QED) is 0.308. The van der Waals surface area contributed by atoms with E-state index >= 15 is 0 Å². The van der Waals surface area contributed by atoms with Crippen LogP contribution in [0.1, 0.15) is 17.3 Å². The van der Waals surface area contributed by atoms with Crippen LogP contribution in [0.3, 0.4) is 0 Å². The number of rotatable bonds is 6. The van der Waals surface area contributed by atoms with Gasteiger partial charge >= 0.3 is 5.97 Å². The fourth-order valence-electron chi connectivity index (χ4n) is 2.73. The summed E-state index contributed by atoms with van der Waals surface area (Å²) >= 11 is 1.45. The first-order valence-corrected chi connectivity index (χ1v) is 8.42. The second-order valence-corrected chi connectivity index (χ2v) is 6.45. The van der Waals surface area contributed by atoms with Crippen molar-refractivity contribution in [1.82, 2.24) is 4.98 Å². The number of aromatic nitrogens is 1. The third kappa shape index (κ3) is 4.32. The van der Waals surface area contributed by atoms with Crippen molar-refractivity contribution in [3.63, 3.8) is 0 Å². The smallest absolute Gasteiger partial charge is 0.341 e. The van der Waals surface area contributed by atoms with Gasteiger partial charge in [-0.1, -0.05) is 6.92 Å². The van der Waals surface area contributed by atoms with Gasteiger partial charge in [-0.25, -0.2) is 9.78 Å². The number of halogens is 1. The van der Waals surface area contributed by atoms with Crippen LogP contribution in [0.2, 0.25) is 0 Å². The molecule has 0 bridgehead atoms. The number of nitrogens with zero attached hydrogens (tertiary/aromatic N) is 2. The summed E-state index contributed by atoms with van der Waals surface area (Å²) in [5, 5.41) is 10.2. The van der Waals surface area contributed by atoms with Crippen LogP contribution < -0.4 is 0 Å². The zero-order valence-electron chi connectivity index (χ0n) is 13.2. The predicted molar refractivity (Wildman–Crippen MR) is 88.4 cm³/mol. The van der Waals surface area contributed by atoms with E-state index in [2.05, 4.69) is 9.82 Å². The number of carbonyl (C=O) groups excluding carboxylic acids is 1. The molecule has 4 atom stereocenters. The summed E-state index contributed by atoms with van der Waals surface area (Å²) in [6.07, 6.45) is -1.02. The van der Waals surface area contributed by atoms with E-state index in [0.29, 0.717) is 10.6 Å². The Balaban J connectivity index is 0.00000225. The second-order valence-electron chi connectivity index (χ2n) is 5.20. The minimum Gasteiger partial charge on any atom is -0.453 e. The van der Waals surface area contributed by atoms with Gasteiger partial charge in [0.05, 0.1) is 18.8 Å². The van der Waals surface area contributed by atoms with Crippen molar-refractivity contribution in [2.24, 2.45) is 0 Å². The molecule has 0 N–H and O–H groups in total. The van der Waals surface area contributed by atoms with Gasteiger partial charge in [0, 0.05) is 6.20 Å². The number of ether oxygens (including phenoxy) is 3. The highest BCUT2D eigenvalue weighted by Crippen LogP contribution is 2.31. The standard InChI is InChI=1S/C14H16N2O7S.ClH/c1-2-24-13-8(4-3-5-15-13)14(17)22-9-6-20-12-10(23-16(18)19)7-21-11(9)12;/h3-5,9-12H,2,6-7H2,1H3;1H/t9-,10+,11-,12-;/m1./s1. The molecular formula is C14H17ClN2O7S. The zero-order chi connectivity index (χ0) is 17.1. The van der Waals surface area contributed by atoms with Crippen molar-refractivity contribution in [3.05, 3.63) is 34.0 Å². The summed E-state index contributed by atoms with van der Waals surface area (Å²) in [7, 11) is 0. The number of fused-ring (bicyclic) bond motifs is 1. The van der Waals surface area contributed by atoms with Gasteiger partial charge in [-0.15, -0.1) is 34.3 Å². The van der Waals surface area contributed by atoms with Crippen molar-refractivity contribution < 1.29 is 28.9 Å². The van der Waals surface area contributed by atoms with E-state index < -0.39 is 35.5 Å². The van der Waals surface area contributed by atoms with Gasteiger partial charge < -0.3 is 19.0 Å². The largest absolute Gasteiger partial charge is 0.453 e. The lowest BCUT2D eigenvalue weighted by molar-refractivity contribution is -0.769. The monoisotopic (exact) mass is 392 g/mol. The highest BCUT2D eigenvalue weighted by atomic mass is 35.5. The van der Waals surface area contributed by atoms with E-state index in [1.165, 1.54) is 11.8 Å². The van der Waals surface area contributed by atoms with Gasteiger partial charge in [-0.2, -0.15) is 0 Å². The molecule has 0 aliphatic carbocycles. The van der Waals surface area contributed by atoms with Crippen LogP contribution in [0.5, 0.6) is 0 Å². The molecule has 0 aromatic carbocycles. The molecule has 0 amide bonds. The Labute approximate surface area is 153 Å². The first-order chi connectivity index (χ1) is 11.6. The third-order valence-corrected chi connectivity index (χ3v) is 4.60. The van der Waals surface area contributed by atoms with Crippen LogP contribution in [0, 0.1) is 10.1 Å². The number of esters is 1. The second kappa shape index (κ2) is 8.65. The molecule has 0 radical (unpaired) electrons. The van der Waals surface area contributed by atoms with Gasteiger partial charge in [0.25, 0.3) is 5.09 Å². The number of carbonyl (C=O) groups is 1. The molecule has 9 nitrogen and oxygen atoms in total. The van der Waals surface area contributed by atoms with Gasteiger partial charge in [-0.3, -0.25) is 0 Å². The number of thioether (sulfide) groups is 1. The predicted octanol–water partition coefficient (Wildman–Crippen LogP) is 1.52. The Morgan fingerprint density at radius 3 is 2.76 bits per heavy atom. The Morgan fingerprint density at radius 2 is 2.08 bits per heavy atom. The molecule has 2 saturated heterocycles. The molecule has 0 saturated carbocycles.